The summed E-state index contributed by atoms with van der Waals surface area (Å²) in [7, 11) is 0. The zero-order valence-corrected chi connectivity index (χ0v) is 17.0. The highest BCUT2D eigenvalue weighted by atomic mass is 32.1. The summed E-state index contributed by atoms with van der Waals surface area (Å²) in [5.41, 5.74) is 4.20. The average Bonchev–Trinajstić information content (AvgIpc) is 3.26. The molecule has 0 aliphatic carbocycles. The maximum absolute atomic E-state index is 5.78. The molecule has 1 aromatic carbocycles. The second-order valence-corrected chi connectivity index (χ2v) is 7.64. The molecule has 1 fully saturated rings. The molecule has 3 heterocycles. The van der Waals surface area contributed by atoms with E-state index in [0.29, 0.717) is 5.11 Å². The number of aryl methyl sites for hydroxylation is 1. The van der Waals surface area contributed by atoms with Gasteiger partial charge in [-0.25, -0.2) is 0 Å². The minimum Gasteiger partial charge on any atom is -0.491 e. The van der Waals surface area contributed by atoms with Gasteiger partial charge in [0, 0.05) is 23.3 Å². The Morgan fingerprint density at radius 2 is 1.86 bits per heavy atom. The van der Waals surface area contributed by atoms with Crippen molar-refractivity contribution in [3.63, 3.8) is 0 Å². The van der Waals surface area contributed by atoms with Crippen molar-refractivity contribution >= 4 is 23.0 Å². The van der Waals surface area contributed by atoms with E-state index in [1.807, 2.05) is 50.4 Å². The number of anilines is 1. The summed E-state index contributed by atoms with van der Waals surface area (Å²) in [4.78, 5) is 10.2. The fourth-order valence-corrected chi connectivity index (χ4v) is 3.95. The van der Waals surface area contributed by atoms with Crippen molar-refractivity contribution in [2.75, 3.05) is 4.90 Å². The number of benzene rings is 1. The third kappa shape index (κ3) is 3.60. The molecule has 5 nitrogen and oxygen atoms in total. The van der Waals surface area contributed by atoms with Gasteiger partial charge in [-0.1, -0.05) is 6.07 Å². The van der Waals surface area contributed by atoms with E-state index in [0.717, 1.165) is 28.5 Å². The molecule has 3 aromatic rings. The van der Waals surface area contributed by atoms with E-state index in [1.165, 1.54) is 0 Å². The number of H-pyrrole nitrogens is 1. The number of aromatic amines is 1. The fourth-order valence-electron chi connectivity index (χ4n) is 3.60. The number of thiocarbonyl (C=S) groups is 1. The van der Waals surface area contributed by atoms with Crippen molar-refractivity contribution in [3.8, 4) is 5.75 Å². The van der Waals surface area contributed by atoms with E-state index >= 15 is 0 Å². The van der Waals surface area contributed by atoms with Gasteiger partial charge < -0.3 is 19.9 Å². The van der Waals surface area contributed by atoms with Crippen LogP contribution in [0, 0.1) is 6.92 Å². The lowest BCUT2D eigenvalue weighted by molar-refractivity contribution is 0.242. The number of nitrogens with zero attached hydrogens (tertiary/aromatic N) is 2. The molecule has 6 heteroatoms. The molecule has 4 rings (SSSR count). The third-order valence-electron chi connectivity index (χ3n) is 4.76. The van der Waals surface area contributed by atoms with Gasteiger partial charge in [-0.05, 0) is 81.5 Å². The van der Waals surface area contributed by atoms with Crippen LogP contribution in [0.15, 0.2) is 60.8 Å². The first-order chi connectivity index (χ1) is 13.5. The predicted octanol–water partition coefficient (Wildman–Crippen LogP) is 4.68. The van der Waals surface area contributed by atoms with Gasteiger partial charge in [0.05, 0.1) is 17.8 Å². The van der Waals surface area contributed by atoms with Gasteiger partial charge in [-0.2, -0.15) is 0 Å². The van der Waals surface area contributed by atoms with Crippen molar-refractivity contribution in [1.29, 1.82) is 0 Å². The lowest BCUT2D eigenvalue weighted by Crippen LogP contribution is -2.29. The number of hydrogen-bond acceptors (Lipinski definition) is 3. The summed E-state index contributed by atoms with van der Waals surface area (Å²) in [6.45, 7) is 6.10. The van der Waals surface area contributed by atoms with E-state index in [1.54, 1.807) is 0 Å². The summed E-state index contributed by atoms with van der Waals surface area (Å²) >= 11 is 5.73. The molecule has 1 aliphatic heterocycles. The summed E-state index contributed by atoms with van der Waals surface area (Å²) in [5, 5.41) is 4.15. The second kappa shape index (κ2) is 7.64. The van der Waals surface area contributed by atoms with Gasteiger partial charge >= 0.3 is 0 Å². The average molecular weight is 393 g/mol. The molecule has 1 saturated heterocycles. The Morgan fingerprint density at radius 1 is 1.07 bits per heavy atom. The zero-order chi connectivity index (χ0) is 19.7. The van der Waals surface area contributed by atoms with Crippen molar-refractivity contribution in [2.24, 2.45) is 0 Å². The van der Waals surface area contributed by atoms with Crippen LogP contribution in [0.2, 0.25) is 0 Å². The first-order valence-corrected chi connectivity index (χ1v) is 9.86. The quantitative estimate of drug-likeness (QED) is 0.618. The monoisotopic (exact) mass is 392 g/mol. The Kier molecular flexibility index (Phi) is 5.05. The van der Waals surface area contributed by atoms with Crippen LogP contribution in [-0.2, 0) is 0 Å². The van der Waals surface area contributed by atoms with Crippen LogP contribution >= 0.6 is 12.2 Å². The summed E-state index contributed by atoms with van der Waals surface area (Å²) in [6, 6.07) is 18.2. The molecule has 2 N–H and O–H groups in total. The minimum atomic E-state index is -0.0432. The van der Waals surface area contributed by atoms with Crippen molar-refractivity contribution < 1.29 is 4.74 Å². The molecule has 0 amide bonds. The smallest absolute Gasteiger partial charge is 0.174 e. The number of ether oxygens (including phenoxy) is 1. The summed E-state index contributed by atoms with van der Waals surface area (Å²) in [5.74, 6) is 0.852. The predicted molar refractivity (Wildman–Crippen MR) is 116 cm³/mol. The molecule has 0 bridgehead atoms. The Hall–Kier alpha value is -2.86. The van der Waals surface area contributed by atoms with Gasteiger partial charge in [0.15, 0.2) is 5.11 Å². The Balaban J connectivity index is 1.73. The van der Waals surface area contributed by atoms with Gasteiger partial charge in [0.2, 0.25) is 0 Å². The van der Waals surface area contributed by atoms with Gasteiger partial charge in [-0.15, -0.1) is 0 Å². The molecule has 0 spiro atoms. The van der Waals surface area contributed by atoms with Crippen LogP contribution in [0.1, 0.15) is 43.0 Å². The van der Waals surface area contributed by atoms with Crippen molar-refractivity contribution in [2.45, 2.75) is 39.0 Å². The largest absolute Gasteiger partial charge is 0.491 e. The maximum Gasteiger partial charge on any atom is 0.174 e. The summed E-state index contributed by atoms with van der Waals surface area (Å²) in [6.07, 6.45) is 1.96. The molecule has 2 aromatic heterocycles. The second-order valence-electron chi connectivity index (χ2n) is 7.25. The highest BCUT2D eigenvalue weighted by Crippen LogP contribution is 2.41. The minimum absolute atomic E-state index is 0.0204. The van der Waals surface area contributed by atoms with E-state index in [-0.39, 0.29) is 18.2 Å². The van der Waals surface area contributed by atoms with Crippen LogP contribution in [0.5, 0.6) is 5.75 Å². The molecule has 2 unspecified atom stereocenters. The van der Waals surface area contributed by atoms with Crippen LogP contribution in [-0.4, -0.2) is 21.2 Å². The van der Waals surface area contributed by atoms with E-state index < -0.39 is 0 Å². The number of pyridine rings is 1. The van der Waals surface area contributed by atoms with E-state index in [4.69, 9.17) is 17.0 Å². The highest BCUT2D eigenvalue weighted by Gasteiger charge is 2.41. The topological polar surface area (TPSA) is 53.2 Å². The fraction of sp³-hybridized carbons (Fsp3) is 0.273. The molecular formula is C22H24N4OS. The van der Waals surface area contributed by atoms with Gasteiger partial charge in [0.1, 0.15) is 11.8 Å². The first kappa shape index (κ1) is 18.5. The standard InChI is InChI=1S/C22H24N4OS/c1-14(2)27-17-10-8-16(9-11-17)26-21(19-12-7-15(3)24-19)20(25-22(26)28)18-6-4-5-13-23-18/h4-14,20-21,24H,1-3H3,(H,25,28). The van der Waals surface area contributed by atoms with Crippen molar-refractivity contribution in [1.82, 2.24) is 15.3 Å². The maximum atomic E-state index is 5.78. The highest BCUT2D eigenvalue weighted by molar-refractivity contribution is 7.80. The summed E-state index contributed by atoms with van der Waals surface area (Å²) < 4.78 is 5.78. The lowest BCUT2D eigenvalue weighted by atomic mass is 10.0. The van der Waals surface area contributed by atoms with E-state index in [9.17, 15) is 0 Å². The van der Waals surface area contributed by atoms with Crippen LogP contribution < -0.4 is 15.0 Å². The lowest BCUT2D eigenvalue weighted by Gasteiger charge is -2.27. The van der Waals surface area contributed by atoms with Gasteiger partial charge in [0.25, 0.3) is 0 Å². The van der Waals surface area contributed by atoms with Crippen molar-refractivity contribution in [3.05, 3.63) is 77.9 Å². The molecule has 0 saturated carbocycles. The molecule has 28 heavy (non-hydrogen) atoms. The third-order valence-corrected chi connectivity index (χ3v) is 5.07. The number of nitrogens with one attached hydrogen (secondary N) is 2. The van der Waals surface area contributed by atoms with E-state index in [2.05, 4.69) is 51.4 Å². The number of aromatic nitrogens is 2. The molecule has 2 atom stereocenters. The Morgan fingerprint density at radius 3 is 2.46 bits per heavy atom. The Bertz CT molecular complexity index is 952. The first-order valence-electron chi connectivity index (χ1n) is 9.46. The SMILES string of the molecule is Cc1ccc(C2C(c3ccccn3)NC(=S)N2c2ccc(OC(C)C)cc2)[nH]1. The van der Waals surface area contributed by atoms with Crippen LogP contribution in [0.25, 0.3) is 0 Å². The molecular weight excluding hydrogens is 368 g/mol. The number of hydrogen-bond donors (Lipinski definition) is 2. The Labute approximate surface area is 170 Å². The zero-order valence-electron chi connectivity index (χ0n) is 16.2. The molecule has 0 radical (unpaired) electrons. The molecule has 1 aliphatic rings. The molecule has 144 valence electrons. The van der Waals surface area contributed by atoms with Gasteiger partial charge in [-0.3, -0.25) is 4.98 Å². The van der Waals surface area contributed by atoms with Crippen LogP contribution in [0.4, 0.5) is 5.69 Å². The van der Waals surface area contributed by atoms with Crippen LogP contribution in [0.3, 0.4) is 0 Å². The number of rotatable bonds is 5. The normalized spacial score (nSPS) is 19.1.